The Morgan fingerprint density at radius 2 is 2.12 bits per heavy atom. The monoisotopic (exact) mass is 250 g/mol. The van der Waals surface area contributed by atoms with Gasteiger partial charge in [-0.1, -0.05) is 0 Å². The maximum absolute atomic E-state index is 10.2. The lowest BCUT2D eigenvalue weighted by atomic mass is 10.0. The Labute approximate surface area is 106 Å². The molecule has 2 rings (SSSR count). The van der Waals surface area contributed by atoms with Crippen LogP contribution in [0.4, 0.5) is 0 Å². The van der Waals surface area contributed by atoms with E-state index in [1.807, 2.05) is 31.0 Å². The second-order valence-corrected chi connectivity index (χ2v) is 5.60. The number of aryl methyl sites for hydroxylation is 3. The smallest absolute Gasteiger partial charge is 0.0839 e. The molecule has 0 aliphatic rings. The lowest BCUT2D eigenvalue weighted by Crippen LogP contribution is -2.03. The molecular weight excluding hydrogens is 232 g/mol. The minimum Gasteiger partial charge on any atom is -0.388 e. The molecule has 1 unspecified atom stereocenters. The minimum absolute atomic E-state index is 0.429. The Bertz CT molecular complexity index is 528. The zero-order valence-electron chi connectivity index (χ0n) is 10.7. The molecule has 2 heterocycles. The van der Waals surface area contributed by atoms with E-state index in [0.717, 1.165) is 22.5 Å². The number of nitrogens with zero attached hydrogens (tertiary/aromatic N) is 2. The zero-order valence-corrected chi connectivity index (χ0v) is 11.5. The molecule has 1 N–H and O–H groups in total. The van der Waals surface area contributed by atoms with Crippen LogP contribution in [0, 0.1) is 20.8 Å². The fourth-order valence-corrected chi connectivity index (χ4v) is 2.81. The lowest BCUT2D eigenvalue weighted by Gasteiger charge is -2.09. The number of aromatic nitrogens is 2. The van der Waals surface area contributed by atoms with E-state index in [0.29, 0.717) is 6.42 Å². The second kappa shape index (κ2) is 4.63. The van der Waals surface area contributed by atoms with Crippen LogP contribution < -0.4 is 0 Å². The van der Waals surface area contributed by atoms with Crippen molar-refractivity contribution in [2.45, 2.75) is 33.3 Å². The Kier molecular flexibility index (Phi) is 3.35. The van der Waals surface area contributed by atoms with Gasteiger partial charge in [0.25, 0.3) is 0 Å². The number of hydrogen-bond acceptors (Lipinski definition) is 3. The third kappa shape index (κ3) is 2.42. The summed E-state index contributed by atoms with van der Waals surface area (Å²) in [7, 11) is 1.94. The van der Waals surface area contributed by atoms with Gasteiger partial charge in [0.1, 0.15) is 0 Å². The topological polar surface area (TPSA) is 38.1 Å². The van der Waals surface area contributed by atoms with Crippen molar-refractivity contribution in [3.63, 3.8) is 0 Å². The summed E-state index contributed by atoms with van der Waals surface area (Å²) in [5.41, 5.74) is 4.31. The first kappa shape index (κ1) is 12.3. The van der Waals surface area contributed by atoms with Gasteiger partial charge in [-0.2, -0.15) is 5.10 Å². The molecule has 0 spiro atoms. The molecule has 17 heavy (non-hydrogen) atoms. The normalized spacial score (nSPS) is 13.0. The molecule has 3 nitrogen and oxygen atoms in total. The van der Waals surface area contributed by atoms with Crippen molar-refractivity contribution in [2.24, 2.45) is 7.05 Å². The third-order valence-corrected chi connectivity index (χ3v) is 4.07. The van der Waals surface area contributed by atoms with E-state index in [4.69, 9.17) is 0 Å². The summed E-state index contributed by atoms with van der Waals surface area (Å²) in [5, 5.41) is 16.6. The largest absolute Gasteiger partial charge is 0.388 e. The van der Waals surface area contributed by atoms with Crippen LogP contribution in [0.15, 0.2) is 11.4 Å². The van der Waals surface area contributed by atoms with Gasteiger partial charge in [-0.3, -0.25) is 4.68 Å². The molecule has 92 valence electrons. The van der Waals surface area contributed by atoms with Crippen molar-refractivity contribution in [2.75, 3.05) is 0 Å². The van der Waals surface area contributed by atoms with Crippen LogP contribution in [-0.2, 0) is 13.5 Å². The highest BCUT2D eigenvalue weighted by Crippen LogP contribution is 2.25. The molecule has 2 aromatic heterocycles. The van der Waals surface area contributed by atoms with E-state index in [9.17, 15) is 5.11 Å². The maximum atomic E-state index is 10.2. The molecule has 0 aromatic carbocycles. The standard InChI is InChI=1S/C13H18N2OS/c1-8-5-11(7-17-8)13(16)6-12-9(2)14-15(4)10(12)3/h5,7,13,16H,6H2,1-4H3. The fourth-order valence-electron chi connectivity index (χ4n) is 2.06. The molecule has 0 radical (unpaired) electrons. The van der Waals surface area contributed by atoms with Gasteiger partial charge in [-0.05, 0) is 43.3 Å². The lowest BCUT2D eigenvalue weighted by molar-refractivity contribution is 0.178. The van der Waals surface area contributed by atoms with Crippen molar-refractivity contribution < 1.29 is 5.11 Å². The molecule has 2 aromatic rings. The second-order valence-electron chi connectivity index (χ2n) is 4.48. The van der Waals surface area contributed by atoms with Crippen LogP contribution in [0.5, 0.6) is 0 Å². The maximum Gasteiger partial charge on any atom is 0.0839 e. The summed E-state index contributed by atoms with van der Waals surface area (Å²) in [4.78, 5) is 1.23. The van der Waals surface area contributed by atoms with Crippen molar-refractivity contribution in [1.82, 2.24) is 9.78 Å². The number of hydrogen-bond donors (Lipinski definition) is 1. The summed E-state index contributed by atoms with van der Waals surface area (Å²) in [5.74, 6) is 0. The van der Waals surface area contributed by atoms with Gasteiger partial charge < -0.3 is 5.11 Å². The van der Waals surface area contributed by atoms with Crippen LogP contribution in [0.3, 0.4) is 0 Å². The summed E-state index contributed by atoms with van der Waals surface area (Å²) in [6, 6.07) is 2.05. The predicted octanol–water partition coefficient (Wildman–Crippen LogP) is 2.68. The quantitative estimate of drug-likeness (QED) is 0.909. The van der Waals surface area contributed by atoms with Gasteiger partial charge in [0.2, 0.25) is 0 Å². The van der Waals surface area contributed by atoms with Gasteiger partial charge in [0.05, 0.1) is 11.8 Å². The first-order valence-electron chi connectivity index (χ1n) is 5.71. The number of rotatable bonds is 3. The summed E-state index contributed by atoms with van der Waals surface area (Å²) in [6.45, 7) is 6.09. The van der Waals surface area contributed by atoms with Crippen LogP contribution >= 0.6 is 11.3 Å². The van der Waals surface area contributed by atoms with Gasteiger partial charge in [-0.25, -0.2) is 0 Å². The Hall–Kier alpha value is -1.13. The average molecular weight is 250 g/mol. The Morgan fingerprint density at radius 1 is 1.41 bits per heavy atom. The number of aliphatic hydroxyl groups excluding tert-OH is 1. The number of aliphatic hydroxyl groups is 1. The fraction of sp³-hybridized carbons (Fsp3) is 0.462. The molecule has 0 fully saturated rings. The van der Waals surface area contributed by atoms with E-state index in [1.165, 1.54) is 4.88 Å². The highest BCUT2D eigenvalue weighted by atomic mass is 32.1. The first-order valence-corrected chi connectivity index (χ1v) is 6.59. The molecule has 0 amide bonds. The van der Waals surface area contributed by atoms with Gasteiger partial charge in [-0.15, -0.1) is 11.3 Å². The van der Waals surface area contributed by atoms with E-state index >= 15 is 0 Å². The van der Waals surface area contributed by atoms with Crippen molar-refractivity contribution in [3.05, 3.63) is 38.8 Å². The predicted molar refractivity (Wildman–Crippen MR) is 70.4 cm³/mol. The average Bonchev–Trinajstić information content (AvgIpc) is 2.79. The van der Waals surface area contributed by atoms with Crippen LogP contribution in [0.1, 0.15) is 33.5 Å². The Morgan fingerprint density at radius 3 is 2.59 bits per heavy atom. The summed E-state index contributed by atoms with van der Waals surface area (Å²) < 4.78 is 1.87. The van der Waals surface area contributed by atoms with Gasteiger partial charge in [0.15, 0.2) is 0 Å². The van der Waals surface area contributed by atoms with Gasteiger partial charge in [0, 0.05) is 24.0 Å². The van der Waals surface area contributed by atoms with Crippen LogP contribution in [0.25, 0.3) is 0 Å². The van der Waals surface area contributed by atoms with Crippen molar-refractivity contribution in [3.8, 4) is 0 Å². The van der Waals surface area contributed by atoms with Gasteiger partial charge >= 0.3 is 0 Å². The number of thiophene rings is 1. The van der Waals surface area contributed by atoms with Crippen molar-refractivity contribution >= 4 is 11.3 Å². The molecule has 0 aliphatic heterocycles. The summed E-state index contributed by atoms with van der Waals surface area (Å²) in [6.07, 6.45) is 0.211. The minimum atomic E-state index is -0.429. The highest BCUT2D eigenvalue weighted by molar-refractivity contribution is 7.10. The molecule has 0 saturated carbocycles. The Balaban J connectivity index is 2.21. The van der Waals surface area contributed by atoms with E-state index < -0.39 is 6.10 Å². The molecule has 1 atom stereocenters. The zero-order chi connectivity index (χ0) is 12.6. The highest BCUT2D eigenvalue weighted by Gasteiger charge is 2.16. The summed E-state index contributed by atoms with van der Waals surface area (Å²) >= 11 is 1.68. The first-order chi connectivity index (χ1) is 7.99. The third-order valence-electron chi connectivity index (χ3n) is 3.19. The molecule has 0 bridgehead atoms. The molecular formula is C13H18N2OS. The van der Waals surface area contributed by atoms with Crippen LogP contribution in [0.2, 0.25) is 0 Å². The molecule has 4 heteroatoms. The molecule has 0 aliphatic carbocycles. The van der Waals surface area contributed by atoms with E-state index in [1.54, 1.807) is 11.3 Å². The van der Waals surface area contributed by atoms with Crippen LogP contribution in [-0.4, -0.2) is 14.9 Å². The van der Waals surface area contributed by atoms with E-state index in [-0.39, 0.29) is 0 Å². The SMILES string of the molecule is Cc1cc(C(O)Cc2c(C)nn(C)c2C)cs1. The molecule has 0 saturated heterocycles. The van der Waals surface area contributed by atoms with Crippen molar-refractivity contribution in [1.29, 1.82) is 0 Å². The van der Waals surface area contributed by atoms with E-state index in [2.05, 4.69) is 18.1 Å².